The second kappa shape index (κ2) is 8.29. The molecule has 172 valence electrons. The van der Waals surface area contributed by atoms with Crippen LogP contribution < -0.4 is 10.6 Å². The average Bonchev–Trinajstić information content (AvgIpc) is 3.58. The van der Waals surface area contributed by atoms with Crippen molar-refractivity contribution in [1.29, 1.82) is 5.26 Å². The van der Waals surface area contributed by atoms with Gasteiger partial charge >= 0.3 is 0 Å². The van der Waals surface area contributed by atoms with Crippen LogP contribution in [-0.2, 0) is 11.3 Å². The van der Waals surface area contributed by atoms with Gasteiger partial charge in [0, 0.05) is 23.5 Å². The normalized spacial score (nSPS) is 13.1. The van der Waals surface area contributed by atoms with Crippen molar-refractivity contribution in [2.24, 2.45) is 5.92 Å². The van der Waals surface area contributed by atoms with Gasteiger partial charge in [-0.15, -0.1) is 5.10 Å². The molecule has 1 aliphatic rings. The number of carbonyl (C=O) groups excluding carboxylic acids is 1. The van der Waals surface area contributed by atoms with E-state index in [1.165, 1.54) is 0 Å². The van der Waals surface area contributed by atoms with Crippen LogP contribution in [0.4, 0.5) is 11.6 Å². The van der Waals surface area contributed by atoms with Crippen molar-refractivity contribution < 1.29 is 4.79 Å². The van der Waals surface area contributed by atoms with Crippen LogP contribution in [-0.4, -0.2) is 25.1 Å². The van der Waals surface area contributed by atoms with Crippen molar-refractivity contribution in [2.75, 3.05) is 10.6 Å². The van der Waals surface area contributed by atoms with Crippen molar-refractivity contribution in [3.05, 3.63) is 83.6 Å². The van der Waals surface area contributed by atoms with E-state index in [1.807, 2.05) is 60.0 Å². The zero-order chi connectivity index (χ0) is 23.9. The van der Waals surface area contributed by atoms with Crippen LogP contribution in [0.3, 0.4) is 0 Å². The molecule has 6 rings (SSSR count). The monoisotopic (exact) mass is 461 g/mol. The number of hydrogen-bond donors (Lipinski definition) is 2. The summed E-state index contributed by atoms with van der Waals surface area (Å²) in [4.78, 5) is 17.4. The van der Waals surface area contributed by atoms with Gasteiger partial charge in [-0.1, -0.05) is 36.4 Å². The van der Waals surface area contributed by atoms with Crippen molar-refractivity contribution in [3.63, 3.8) is 0 Å². The van der Waals surface area contributed by atoms with Crippen molar-refractivity contribution >= 4 is 34.0 Å². The first-order chi connectivity index (χ1) is 17.1. The molecule has 2 N–H and O–H groups in total. The predicted molar refractivity (Wildman–Crippen MR) is 134 cm³/mol. The van der Waals surface area contributed by atoms with E-state index in [4.69, 9.17) is 10.1 Å². The fourth-order valence-electron chi connectivity index (χ4n) is 4.39. The molecule has 2 aromatic carbocycles. The van der Waals surface area contributed by atoms with Crippen LogP contribution in [0.2, 0.25) is 0 Å². The topological polar surface area (TPSA) is 100 Å². The minimum Gasteiger partial charge on any atom is -0.364 e. The Morgan fingerprint density at radius 2 is 1.91 bits per heavy atom. The summed E-state index contributed by atoms with van der Waals surface area (Å²) < 4.78 is 3.67. The zero-order valence-electron chi connectivity index (χ0n) is 19.2. The van der Waals surface area contributed by atoms with E-state index >= 15 is 0 Å². The minimum absolute atomic E-state index is 0.0187. The van der Waals surface area contributed by atoms with Crippen LogP contribution >= 0.6 is 0 Å². The fourth-order valence-corrected chi connectivity index (χ4v) is 4.39. The smallest absolute Gasteiger partial charge is 0.254 e. The molecule has 5 aromatic rings. The third-order valence-corrected chi connectivity index (χ3v) is 6.35. The predicted octanol–water partition coefficient (Wildman–Crippen LogP) is 4.81. The first-order valence-corrected chi connectivity index (χ1v) is 11.6. The average molecular weight is 462 g/mol. The maximum Gasteiger partial charge on any atom is 0.254 e. The number of aryl methyl sites for hydroxylation is 1. The highest BCUT2D eigenvalue weighted by Gasteiger charge is 2.30. The molecule has 1 amide bonds. The Morgan fingerprint density at radius 1 is 1.09 bits per heavy atom. The summed E-state index contributed by atoms with van der Waals surface area (Å²) in [6.07, 6.45) is 1.85. The molecule has 3 heterocycles. The summed E-state index contributed by atoms with van der Waals surface area (Å²) in [5, 5.41) is 21.7. The number of nitrogens with one attached hydrogen (secondary N) is 2. The Balaban J connectivity index is 1.50. The molecule has 35 heavy (non-hydrogen) atoms. The number of hydrogen-bond acceptors (Lipinski definition) is 5. The number of benzene rings is 2. The second-order valence-electron chi connectivity index (χ2n) is 8.85. The second-order valence-corrected chi connectivity index (χ2v) is 8.85. The van der Waals surface area contributed by atoms with E-state index < -0.39 is 0 Å². The number of carbonyl (C=O) groups is 1. The number of nitrogens with zero attached hydrogens (tertiary/aromatic N) is 5. The molecule has 0 unspecified atom stereocenters. The quantitative estimate of drug-likeness (QED) is 0.378. The maximum absolute atomic E-state index is 12.5. The molecule has 1 saturated carbocycles. The molecule has 0 atom stereocenters. The summed E-state index contributed by atoms with van der Waals surface area (Å²) in [5.41, 5.74) is 4.26. The number of fused-ring (bicyclic) bond motifs is 2. The van der Waals surface area contributed by atoms with Gasteiger partial charge in [0.2, 0.25) is 5.91 Å². The van der Waals surface area contributed by atoms with Crippen LogP contribution in [0.1, 0.15) is 29.7 Å². The van der Waals surface area contributed by atoms with Crippen molar-refractivity contribution in [3.8, 4) is 12.0 Å². The third kappa shape index (κ3) is 3.77. The van der Waals surface area contributed by atoms with E-state index in [9.17, 15) is 10.1 Å². The SMILES string of the molecule is Cc1cc2c(C#N)cccc2n1-c1nc(NCc2ccccc2)c2ccc(NC(=O)C3CC3)n2n1. The summed E-state index contributed by atoms with van der Waals surface area (Å²) in [5.74, 6) is 1.81. The summed E-state index contributed by atoms with van der Waals surface area (Å²) in [7, 11) is 0. The number of anilines is 2. The highest BCUT2D eigenvalue weighted by atomic mass is 16.2. The maximum atomic E-state index is 12.5. The molecule has 0 spiro atoms. The Hall–Kier alpha value is -4.64. The van der Waals surface area contributed by atoms with E-state index in [-0.39, 0.29) is 11.8 Å². The lowest BCUT2D eigenvalue weighted by Gasteiger charge is -2.13. The van der Waals surface area contributed by atoms with Crippen LogP contribution in [0.5, 0.6) is 0 Å². The third-order valence-electron chi connectivity index (χ3n) is 6.35. The lowest BCUT2D eigenvalue weighted by atomic mass is 10.1. The molecular formula is C27H23N7O. The van der Waals surface area contributed by atoms with Gasteiger partial charge < -0.3 is 10.6 Å². The number of aromatic nitrogens is 4. The first kappa shape index (κ1) is 20.9. The summed E-state index contributed by atoms with van der Waals surface area (Å²) in [6.45, 7) is 2.56. The van der Waals surface area contributed by atoms with Crippen LogP contribution in [0, 0.1) is 24.2 Å². The van der Waals surface area contributed by atoms with Gasteiger partial charge in [0.25, 0.3) is 5.95 Å². The first-order valence-electron chi connectivity index (χ1n) is 11.6. The molecule has 8 heteroatoms. The molecular weight excluding hydrogens is 438 g/mol. The minimum atomic E-state index is 0.0187. The number of rotatable bonds is 6. The van der Waals surface area contributed by atoms with E-state index in [0.29, 0.717) is 29.7 Å². The molecule has 8 nitrogen and oxygen atoms in total. The Bertz CT molecular complexity index is 1620. The number of amides is 1. The van der Waals surface area contributed by atoms with Crippen molar-refractivity contribution in [2.45, 2.75) is 26.3 Å². The number of nitriles is 1. The van der Waals surface area contributed by atoms with Crippen LogP contribution in [0.25, 0.3) is 22.4 Å². The fraction of sp³-hybridized carbons (Fsp3) is 0.185. The van der Waals surface area contributed by atoms with E-state index in [0.717, 1.165) is 40.5 Å². The molecule has 1 aliphatic carbocycles. The Labute approximate surface area is 201 Å². The molecule has 0 radical (unpaired) electrons. The van der Waals surface area contributed by atoms with Gasteiger partial charge in [0.15, 0.2) is 5.82 Å². The largest absolute Gasteiger partial charge is 0.364 e. The zero-order valence-corrected chi connectivity index (χ0v) is 19.2. The molecule has 3 aromatic heterocycles. The van der Waals surface area contributed by atoms with Gasteiger partial charge in [0.1, 0.15) is 11.3 Å². The molecule has 0 aliphatic heterocycles. The highest BCUT2D eigenvalue weighted by Crippen LogP contribution is 2.31. The molecule has 0 saturated heterocycles. The van der Waals surface area contributed by atoms with E-state index in [2.05, 4.69) is 28.8 Å². The Morgan fingerprint density at radius 3 is 2.69 bits per heavy atom. The van der Waals surface area contributed by atoms with Gasteiger partial charge in [-0.05, 0) is 55.7 Å². The Kier molecular flexibility index (Phi) is 4.96. The molecule has 0 bridgehead atoms. The van der Waals surface area contributed by atoms with Gasteiger partial charge in [0.05, 0.1) is 17.1 Å². The molecule has 1 fully saturated rings. The van der Waals surface area contributed by atoms with E-state index in [1.54, 1.807) is 10.6 Å². The standard InChI is InChI=1S/C27H23N7O/c1-17-14-21-20(15-28)8-5-9-22(21)33(17)27-31-25(29-16-18-6-3-2-4-7-18)23-12-13-24(34(23)32-27)30-26(35)19-10-11-19/h2-9,12-14,19H,10-11,16H2,1H3,(H,30,35)(H,29,31,32). The van der Waals surface area contributed by atoms with Gasteiger partial charge in [-0.3, -0.25) is 9.36 Å². The van der Waals surface area contributed by atoms with Crippen LogP contribution in [0.15, 0.2) is 66.7 Å². The summed E-state index contributed by atoms with van der Waals surface area (Å²) in [6, 6.07) is 23.7. The summed E-state index contributed by atoms with van der Waals surface area (Å²) >= 11 is 0. The van der Waals surface area contributed by atoms with Gasteiger partial charge in [-0.2, -0.15) is 10.2 Å². The lowest BCUT2D eigenvalue weighted by Crippen LogP contribution is -2.17. The van der Waals surface area contributed by atoms with Gasteiger partial charge in [-0.25, -0.2) is 4.52 Å². The lowest BCUT2D eigenvalue weighted by molar-refractivity contribution is -0.117. The van der Waals surface area contributed by atoms with Crippen molar-refractivity contribution in [1.82, 2.24) is 19.2 Å². The highest BCUT2D eigenvalue weighted by molar-refractivity contribution is 5.94.